The van der Waals surface area contributed by atoms with Crippen molar-refractivity contribution in [1.29, 1.82) is 0 Å². The van der Waals surface area contributed by atoms with Gasteiger partial charge in [0.1, 0.15) is 0 Å². The zero-order valence-electron chi connectivity index (χ0n) is 21.4. The van der Waals surface area contributed by atoms with Gasteiger partial charge in [-0.2, -0.15) is 0 Å². The van der Waals surface area contributed by atoms with Crippen LogP contribution in [0.3, 0.4) is 0 Å². The lowest BCUT2D eigenvalue weighted by atomic mass is 9.86. The van der Waals surface area contributed by atoms with Crippen LogP contribution in [0, 0.1) is 0 Å². The number of carbonyl (C=O) groups is 1. The first-order chi connectivity index (χ1) is 17.4. The van der Waals surface area contributed by atoms with Gasteiger partial charge in [-0.15, -0.1) is 17.0 Å². The number of rotatable bonds is 12. The number of aromatic nitrogens is 1. The second-order valence-electron chi connectivity index (χ2n) is 9.76. The Hall–Kier alpha value is -2.36. The van der Waals surface area contributed by atoms with Crippen molar-refractivity contribution in [2.24, 2.45) is 0 Å². The molecule has 0 bridgehead atoms. The van der Waals surface area contributed by atoms with Gasteiger partial charge < -0.3 is 25.4 Å². The topological polar surface area (TPSA) is 106 Å². The molecular weight excluding hydrogens is 554 g/mol. The summed E-state index contributed by atoms with van der Waals surface area (Å²) in [6.07, 6.45) is 8.06. The summed E-state index contributed by atoms with van der Waals surface area (Å²) < 4.78 is 0.954. The van der Waals surface area contributed by atoms with Crippen LogP contribution in [-0.4, -0.2) is 51.7 Å². The molecule has 1 heterocycles. The molecule has 9 heteroatoms. The van der Waals surface area contributed by atoms with Gasteiger partial charge in [-0.05, 0) is 87.4 Å². The van der Waals surface area contributed by atoms with Crippen molar-refractivity contribution >= 4 is 44.4 Å². The van der Waals surface area contributed by atoms with E-state index in [4.69, 9.17) is 0 Å². The normalized spacial score (nSPS) is 14.9. The van der Waals surface area contributed by atoms with E-state index in [-0.39, 0.29) is 39.3 Å². The molecule has 0 fully saturated rings. The predicted molar refractivity (Wildman–Crippen MR) is 155 cm³/mol. The number of fused-ring (bicyclic) bond motifs is 2. The molecule has 0 saturated carbocycles. The van der Waals surface area contributed by atoms with Crippen LogP contribution >= 0.6 is 28.3 Å². The SMILES string of the molecule is Br.CCCN(CCCCCC(=O)NCCc1ccc2[nH]c(=O)sc2c1)C1CCc2c(ccc(O)c2O)C1. The molecule has 2 aromatic carbocycles. The minimum atomic E-state index is -0.0428. The fraction of sp³-hybridized carbons (Fsp3) is 0.500. The average molecular weight is 593 g/mol. The van der Waals surface area contributed by atoms with E-state index in [1.54, 1.807) is 6.07 Å². The van der Waals surface area contributed by atoms with Gasteiger partial charge in [0, 0.05) is 24.6 Å². The molecular formula is C28H38BrN3O4S. The van der Waals surface area contributed by atoms with E-state index >= 15 is 0 Å². The summed E-state index contributed by atoms with van der Waals surface area (Å²) >= 11 is 1.21. The molecule has 4 rings (SSSR count). The molecule has 37 heavy (non-hydrogen) atoms. The van der Waals surface area contributed by atoms with Gasteiger partial charge in [-0.25, -0.2) is 0 Å². The van der Waals surface area contributed by atoms with Crippen LogP contribution in [-0.2, 0) is 24.1 Å². The highest BCUT2D eigenvalue weighted by molar-refractivity contribution is 8.93. The Balaban J connectivity index is 0.00000380. The van der Waals surface area contributed by atoms with Crippen LogP contribution < -0.4 is 10.2 Å². The van der Waals surface area contributed by atoms with Crippen LogP contribution in [0.5, 0.6) is 11.5 Å². The van der Waals surface area contributed by atoms with Crippen LogP contribution in [0.4, 0.5) is 0 Å². The number of halogens is 1. The molecule has 0 saturated heterocycles. The Morgan fingerprint density at radius 3 is 2.81 bits per heavy atom. The number of phenols is 2. The van der Waals surface area contributed by atoms with E-state index in [2.05, 4.69) is 22.1 Å². The number of hydrogen-bond acceptors (Lipinski definition) is 6. The third-order valence-corrected chi connectivity index (χ3v) is 7.98. The Morgan fingerprint density at radius 1 is 1.16 bits per heavy atom. The number of aromatic hydroxyl groups is 2. The number of nitrogens with one attached hydrogen (secondary N) is 2. The molecule has 0 radical (unpaired) electrons. The summed E-state index contributed by atoms with van der Waals surface area (Å²) in [7, 11) is 0. The molecule has 3 aromatic rings. The van der Waals surface area contributed by atoms with E-state index in [1.165, 1.54) is 11.3 Å². The second-order valence-corrected chi connectivity index (χ2v) is 10.8. The molecule has 1 unspecified atom stereocenters. The zero-order chi connectivity index (χ0) is 25.5. The van der Waals surface area contributed by atoms with Crippen molar-refractivity contribution < 1.29 is 15.0 Å². The number of thiazole rings is 1. The highest BCUT2D eigenvalue weighted by Gasteiger charge is 2.26. The molecule has 1 atom stereocenters. The lowest BCUT2D eigenvalue weighted by molar-refractivity contribution is -0.121. The largest absolute Gasteiger partial charge is 0.504 e. The summed E-state index contributed by atoms with van der Waals surface area (Å²) in [5.74, 6) is 0.116. The second kappa shape index (κ2) is 14.0. The predicted octanol–water partition coefficient (Wildman–Crippen LogP) is 5.07. The number of nitrogens with zero attached hydrogens (tertiary/aromatic N) is 1. The number of aromatic amines is 1. The first-order valence-electron chi connectivity index (χ1n) is 13.1. The van der Waals surface area contributed by atoms with Crippen molar-refractivity contribution in [1.82, 2.24) is 15.2 Å². The van der Waals surface area contributed by atoms with Crippen LogP contribution in [0.25, 0.3) is 10.2 Å². The fourth-order valence-electron chi connectivity index (χ4n) is 5.24. The molecule has 202 valence electrons. The van der Waals surface area contributed by atoms with Crippen molar-refractivity contribution in [3.63, 3.8) is 0 Å². The van der Waals surface area contributed by atoms with Crippen molar-refractivity contribution in [2.45, 2.75) is 70.8 Å². The molecule has 0 spiro atoms. The number of unbranched alkanes of at least 4 members (excludes halogenated alkanes) is 2. The van der Waals surface area contributed by atoms with Gasteiger partial charge in [-0.1, -0.05) is 36.8 Å². The summed E-state index contributed by atoms with van der Waals surface area (Å²) in [6.45, 7) is 4.88. The number of benzene rings is 2. The standard InChI is InChI=1S/C28H37N3O4S.BrH/c1-2-15-31(21-9-10-22-20(18-21)8-12-24(32)27(22)34)16-5-3-4-6-26(33)29-14-13-19-7-11-23-25(17-19)36-28(35)30-23;/h7-8,11-12,17,21,32,34H,2-6,9-10,13-16,18H2,1H3,(H,29,33)(H,30,35);1H. The van der Waals surface area contributed by atoms with E-state index in [0.717, 1.165) is 91.4 Å². The van der Waals surface area contributed by atoms with Gasteiger partial charge in [0.25, 0.3) is 0 Å². The molecule has 4 N–H and O–H groups in total. The van der Waals surface area contributed by atoms with E-state index in [0.29, 0.717) is 19.0 Å². The van der Waals surface area contributed by atoms with Crippen molar-refractivity contribution in [3.05, 3.63) is 56.7 Å². The number of hydrogen-bond donors (Lipinski definition) is 4. The third kappa shape index (κ3) is 7.82. The Bertz CT molecular complexity index is 1240. The van der Waals surface area contributed by atoms with Gasteiger partial charge in [0.2, 0.25) is 5.91 Å². The van der Waals surface area contributed by atoms with E-state index < -0.39 is 0 Å². The third-order valence-electron chi connectivity index (χ3n) is 7.14. The molecule has 1 aromatic heterocycles. The average Bonchev–Trinajstić information content (AvgIpc) is 3.24. The number of phenolic OH excluding ortho intramolecular Hbond substituents is 2. The Kier molecular flexibility index (Phi) is 11.0. The molecule has 0 aliphatic heterocycles. The maximum absolute atomic E-state index is 12.3. The summed E-state index contributed by atoms with van der Waals surface area (Å²) in [5, 5.41) is 23.0. The van der Waals surface area contributed by atoms with Gasteiger partial charge >= 0.3 is 4.87 Å². The van der Waals surface area contributed by atoms with Crippen LogP contribution in [0.1, 0.15) is 62.1 Å². The monoisotopic (exact) mass is 591 g/mol. The Morgan fingerprint density at radius 2 is 2.00 bits per heavy atom. The zero-order valence-corrected chi connectivity index (χ0v) is 24.0. The smallest absolute Gasteiger partial charge is 0.305 e. The maximum Gasteiger partial charge on any atom is 0.305 e. The minimum absolute atomic E-state index is 0. The number of carbonyl (C=O) groups excluding carboxylic acids is 1. The number of amides is 1. The maximum atomic E-state index is 12.3. The first kappa shape index (κ1) is 29.2. The molecule has 1 aliphatic carbocycles. The molecule has 1 amide bonds. The van der Waals surface area contributed by atoms with Crippen LogP contribution in [0.2, 0.25) is 0 Å². The van der Waals surface area contributed by atoms with Crippen molar-refractivity contribution in [2.75, 3.05) is 19.6 Å². The highest BCUT2D eigenvalue weighted by Crippen LogP contribution is 2.36. The minimum Gasteiger partial charge on any atom is -0.504 e. The van der Waals surface area contributed by atoms with Gasteiger partial charge in [0.05, 0.1) is 10.2 Å². The lowest BCUT2D eigenvalue weighted by Crippen LogP contribution is -2.40. The number of H-pyrrole nitrogens is 1. The van der Waals surface area contributed by atoms with Crippen LogP contribution in [0.15, 0.2) is 35.1 Å². The van der Waals surface area contributed by atoms with E-state index in [9.17, 15) is 19.8 Å². The summed E-state index contributed by atoms with van der Waals surface area (Å²) in [5.41, 5.74) is 4.02. The first-order valence-corrected chi connectivity index (χ1v) is 13.9. The van der Waals surface area contributed by atoms with Gasteiger partial charge in [0.15, 0.2) is 11.5 Å². The highest BCUT2D eigenvalue weighted by atomic mass is 79.9. The molecule has 1 aliphatic rings. The quantitative estimate of drug-likeness (QED) is 0.174. The van der Waals surface area contributed by atoms with E-state index in [1.807, 2.05) is 24.3 Å². The summed E-state index contributed by atoms with van der Waals surface area (Å²) in [4.78, 5) is 29.0. The van der Waals surface area contributed by atoms with Gasteiger partial charge in [-0.3, -0.25) is 9.59 Å². The molecule has 7 nitrogen and oxygen atoms in total. The lowest BCUT2D eigenvalue weighted by Gasteiger charge is -2.35. The summed E-state index contributed by atoms with van der Waals surface area (Å²) in [6, 6.07) is 9.93. The van der Waals surface area contributed by atoms with Crippen molar-refractivity contribution in [3.8, 4) is 11.5 Å². The Labute approximate surface area is 232 Å². The fourth-order valence-corrected chi connectivity index (χ4v) is 6.04.